The van der Waals surface area contributed by atoms with Crippen molar-refractivity contribution in [2.75, 3.05) is 5.73 Å². The Kier molecular flexibility index (Phi) is 4.02. The molecular formula is C14H16BNO2. The summed E-state index contributed by atoms with van der Waals surface area (Å²) in [5.74, 6) is 0. The molecule has 4 heteroatoms. The summed E-state index contributed by atoms with van der Waals surface area (Å²) in [7, 11) is -1.39. The van der Waals surface area contributed by atoms with Crippen LogP contribution in [0.3, 0.4) is 0 Å². The lowest BCUT2D eigenvalue weighted by Gasteiger charge is -2.04. The van der Waals surface area contributed by atoms with Crippen molar-refractivity contribution in [3.8, 4) is 0 Å². The molecule has 0 bridgehead atoms. The van der Waals surface area contributed by atoms with Gasteiger partial charge in [-0.2, -0.15) is 0 Å². The molecule has 0 aromatic heterocycles. The van der Waals surface area contributed by atoms with Crippen molar-refractivity contribution in [1.82, 2.24) is 0 Å². The highest BCUT2D eigenvalue weighted by Crippen LogP contribution is 2.09. The van der Waals surface area contributed by atoms with Gasteiger partial charge in [-0.1, -0.05) is 36.4 Å². The Morgan fingerprint density at radius 1 is 0.778 bits per heavy atom. The first-order chi connectivity index (χ1) is 8.65. The number of hydrogen-bond acceptors (Lipinski definition) is 3. The summed E-state index contributed by atoms with van der Waals surface area (Å²) < 4.78 is 0. The number of aryl methyl sites for hydroxylation is 2. The van der Waals surface area contributed by atoms with E-state index in [2.05, 4.69) is 0 Å². The molecular weight excluding hydrogens is 225 g/mol. The molecule has 0 radical (unpaired) electrons. The number of benzene rings is 2. The molecule has 2 rings (SSSR count). The van der Waals surface area contributed by atoms with Crippen molar-refractivity contribution >= 4 is 18.3 Å². The van der Waals surface area contributed by atoms with Crippen LogP contribution in [-0.2, 0) is 12.8 Å². The van der Waals surface area contributed by atoms with Crippen LogP contribution < -0.4 is 11.2 Å². The van der Waals surface area contributed by atoms with Crippen molar-refractivity contribution in [2.45, 2.75) is 12.8 Å². The lowest BCUT2D eigenvalue weighted by molar-refractivity contribution is 0.426. The van der Waals surface area contributed by atoms with Gasteiger partial charge in [0.25, 0.3) is 0 Å². The summed E-state index contributed by atoms with van der Waals surface area (Å²) in [6, 6.07) is 15.2. The Labute approximate surface area is 107 Å². The lowest BCUT2D eigenvalue weighted by atomic mass is 9.80. The highest BCUT2D eigenvalue weighted by atomic mass is 16.4. The lowest BCUT2D eigenvalue weighted by Crippen LogP contribution is -2.29. The number of nitrogen functional groups attached to an aromatic ring is 1. The van der Waals surface area contributed by atoms with E-state index in [0.717, 1.165) is 18.5 Å². The maximum absolute atomic E-state index is 8.99. The van der Waals surface area contributed by atoms with Crippen LogP contribution in [0.1, 0.15) is 11.1 Å². The fourth-order valence-corrected chi connectivity index (χ4v) is 1.83. The van der Waals surface area contributed by atoms with E-state index < -0.39 is 7.12 Å². The molecule has 92 valence electrons. The molecule has 2 aromatic rings. The van der Waals surface area contributed by atoms with Crippen LogP contribution in [0.15, 0.2) is 48.5 Å². The first-order valence-electron chi connectivity index (χ1n) is 5.94. The van der Waals surface area contributed by atoms with Gasteiger partial charge in [0, 0.05) is 5.69 Å². The van der Waals surface area contributed by atoms with Crippen molar-refractivity contribution in [3.05, 3.63) is 59.7 Å². The Morgan fingerprint density at radius 2 is 1.22 bits per heavy atom. The minimum atomic E-state index is -1.39. The van der Waals surface area contributed by atoms with Gasteiger partial charge in [-0.15, -0.1) is 0 Å². The monoisotopic (exact) mass is 241 g/mol. The topological polar surface area (TPSA) is 66.5 Å². The highest BCUT2D eigenvalue weighted by Gasteiger charge is 2.09. The van der Waals surface area contributed by atoms with E-state index in [1.165, 1.54) is 11.1 Å². The van der Waals surface area contributed by atoms with E-state index in [-0.39, 0.29) is 0 Å². The van der Waals surface area contributed by atoms with Crippen LogP contribution >= 0.6 is 0 Å². The Bertz CT molecular complexity index is 494. The fraction of sp³-hybridized carbons (Fsp3) is 0.143. The van der Waals surface area contributed by atoms with E-state index in [9.17, 15) is 0 Å². The number of nitrogens with two attached hydrogens (primary N) is 1. The van der Waals surface area contributed by atoms with Crippen molar-refractivity contribution in [1.29, 1.82) is 0 Å². The molecule has 0 amide bonds. The minimum absolute atomic E-state index is 0.520. The normalized spacial score (nSPS) is 10.3. The molecule has 3 nitrogen and oxygen atoms in total. The third-order valence-corrected chi connectivity index (χ3v) is 2.96. The van der Waals surface area contributed by atoms with Crippen LogP contribution in [0.5, 0.6) is 0 Å². The van der Waals surface area contributed by atoms with Gasteiger partial charge in [0.15, 0.2) is 0 Å². The van der Waals surface area contributed by atoms with Crippen LogP contribution in [0.2, 0.25) is 0 Å². The third kappa shape index (κ3) is 3.36. The molecule has 0 heterocycles. The molecule has 0 saturated carbocycles. The van der Waals surface area contributed by atoms with Crippen LogP contribution in [0.25, 0.3) is 0 Å². The van der Waals surface area contributed by atoms with Gasteiger partial charge in [0.1, 0.15) is 0 Å². The highest BCUT2D eigenvalue weighted by molar-refractivity contribution is 6.58. The van der Waals surface area contributed by atoms with Crippen molar-refractivity contribution in [2.24, 2.45) is 0 Å². The van der Waals surface area contributed by atoms with Crippen molar-refractivity contribution in [3.63, 3.8) is 0 Å². The van der Waals surface area contributed by atoms with E-state index >= 15 is 0 Å². The second kappa shape index (κ2) is 5.71. The summed E-state index contributed by atoms with van der Waals surface area (Å²) in [6.45, 7) is 0. The molecule has 0 saturated heterocycles. The molecule has 0 aliphatic heterocycles. The first kappa shape index (κ1) is 12.7. The molecule has 0 aliphatic rings. The molecule has 4 N–H and O–H groups in total. The first-order valence-corrected chi connectivity index (χ1v) is 5.94. The van der Waals surface area contributed by atoms with Gasteiger partial charge in [0.05, 0.1) is 0 Å². The van der Waals surface area contributed by atoms with Crippen LogP contribution in [0, 0.1) is 0 Å². The molecule has 0 fully saturated rings. The van der Waals surface area contributed by atoms with Gasteiger partial charge < -0.3 is 15.8 Å². The molecule has 0 unspecified atom stereocenters. The van der Waals surface area contributed by atoms with E-state index in [0.29, 0.717) is 5.46 Å². The van der Waals surface area contributed by atoms with Gasteiger partial charge in [-0.05, 0) is 41.6 Å². The quantitative estimate of drug-likeness (QED) is 0.546. The average molecular weight is 241 g/mol. The maximum Gasteiger partial charge on any atom is 0.488 e. The van der Waals surface area contributed by atoms with Crippen LogP contribution in [0.4, 0.5) is 5.69 Å². The third-order valence-electron chi connectivity index (χ3n) is 2.96. The zero-order chi connectivity index (χ0) is 13.0. The predicted octanol–water partition coefficient (Wildman–Crippen LogP) is 0.734. The largest absolute Gasteiger partial charge is 0.488 e. The second-order valence-electron chi connectivity index (χ2n) is 4.36. The van der Waals surface area contributed by atoms with Gasteiger partial charge in [0.2, 0.25) is 0 Å². The smallest absolute Gasteiger partial charge is 0.423 e. The summed E-state index contributed by atoms with van der Waals surface area (Å²) in [4.78, 5) is 0. The van der Waals surface area contributed by atoms with Crippen LogP contribution in [-0.4, -0.2) is 17.2 Å². The summed E-state index contributed by atoms with van der Waals surface area (Å²) >= 11 is 0. The van der Waals surface area contributed by atoms with E-state index in [4.69, 9.17) is 15.8 Å². The molecule has 0 spiro atoms. The van der Waals surface area contributed by atoms with Crippen molar-refractivity contribution < 1.29 is 10.0 Å². The summed E-state index contributed by atoms with van der Waals surface area (Å²) in [6.07, 6.45) is 1.87. The molecule has 0 atom stereocenters. The number of hydrogen-bond donors (Lipinski definition) is 3. The minimum Gasteiger partial charge on any atom is -0.423 e. The average Bonchev–Trinajstić information content (AvgIpc) is 2.38. The van der Waals surface area contributed by atoms with Gasteiger partial charge >= 0.3 is 7.12 Å². The van der Waals surface area contributed by atoms with Gasteiger partial charge in [-0.3, -0.25) is 0 Å². The number of anilines is 1. The van der Waals surface area contributed by atoms with E-state index in [1.54, 1.807) is 12.1 Å². The van der Waals surface area contributed by atoms with E-state index in [1.807, 2.05) is 36.4 Å². The molecule has 0 aliphatic carbocycles. The zero-order valence-electron chi connectivity index (χ0n) is 10.1. The fourth-order valence-electron chi connectivity index (χ4n) is 1.83. The summed E-state index contributed by atoms with van der Waals surface area (Å²) in [5, 5.41) is 18.0. The summed E-state index contributed by atoms with van der Waals surface area (Å²) in [5.41, 5.74) is 9.35. The standard InChI is InChI=1S/C14H16BNO2/c16-14-9-5-12(6-10-14)2-1-11-3-7-13(8-4-11)15(17)18/h3-10,17-18H,1-2,16H2. The maximum atomic E-state index is 8.99. The van der Waals surface area contributed by atoms with Gasteiger partial charge in [-0.25, -0.2) is 0 Å². The predicted molar refractivity (Wildman–Crippen MR) is 74.5 cm³/mol. The zero-order valence-corrected chi connectivity index (χ0v) is 10.1. The molecule has 2 aromatic carbocycles. The molecule has 18 heavy (non-hydrogen) atoms. The Balaban J connectivity index is 1.95. The number of rotatable bonds is 4. The Morgan fingerprint density at radius 3 is 1.67 bits per heavy atom. The Hall–Kier alpha value is -1.78. The SMILES string of the molecule is Nc1ccc(CCc2ccc(B(O)O)cc2)cc1. The second-order valence-corrected chi connectivity index (χ2v) is 4.36.